The first-order valence-electron chi connectivity index (χ1n) is 5.77. The molecule has 0 saturated carbocycles. The first kappa shape index (κ1) is 13.7. The zero-order valence-corrected chi connectivity index (χ0v) is 10.6. The van der Waals surface area contributed by atoms with Crippen LogP contribution in [-0.2, 0) is 4.79 Å². The summed E-state index contributed by atoms with van der Waals surface area (Å²) < 4.78 is 0. The molecular formula is C15H16N2O. The third-order valence-corrected chi connectivity index (χ3v) is 2.12. The van der Waals surface area contributed by atoms with E-state index >= 15 is 0 Å². The van der Waals surface area contributed by atoms with Crippen LogP contribution in [-0.4, -0.2) is 11.9 Å². The van der Waals surface area contributed by atoms with E-state index in [9.17, 15) is 4.79 Å². The number of hydrogen-bond acceptors (Lipinski definition) is 2. The number of allylic oxidation sites excluding steroid dienone is 2. The summed E-state index contributed by atoms with van der Waals surface area (Å²) in [5, 5.41) is 11.4. The zero-order chi connectivity index (χ0) is 13.4. The van der Waals surface area contributed by atoms with Gasteiger partial charge < -0.3 is 5.32 Å². The van der Waals surface area contributed by atoms with Gasteiger partial charge in [-0.2, -0.15) is 5.26 Å². The molecule has 0 aromatic heterocycles. The van der Waals surface area contributed by atoms with Crippen LogP contribution in [0.4, 0.5) is 0 Å². The fourth-order valence-corrected chi connectivity index (χ4v) is 1.31. The molecule has 0 aliphatic heterocycles. The van der Waals surface area contributed by atoms with E-state index in [1.54, 1.807) is 24.3 Å². The molecule has 1 rings (SSSR count). The van der Waals surface area contributed by atoms with Crippen LogP contribution in [0.3, 0.4) is 0 Å². The second-order valence-electron chi connectivity index (χ2n) is 4.12. The Labute approximate surface area is 107 Å². The van der Waals surface area contributed by atoms with Crippen LogP contribution in [0.25, 0.3) is 6.08 Å². The van der Waals surface area contributed by atoms with Gasteiger partial charge in [0.15, 0.2) is 0 Å². The maximum Gasteiger partial charge on any atom is 0.244 e. The number of amides is 1. The van der Waals surface area contributed by atoms with Crippen molar-refractivity contribution in [3.63, 3.8) is 0 Å². The number of carbonyl (C=O) groups excluding carboxylic acids is 1. The van der Waals surface area contributed by atoms with Gasteiger partial charge >= 0.3 is 0 Å². The molecule has 0 aliphatic rings. The molecule has 0 heterocycles. The number of carbonyl (C=O) groups is 1. The van der Waals surface area contributed by atoms with Crippen molar-refractivity contribution >= 4 is 12.0 Å². The number of hydrogen-bond donors (Lipinski definition) is 1. The van der Waals surface area contributed by atoms with E-state index < -0.39 is 0 Å². The van der Waals surface area contributed by atoms with Gasteiger partial charge in [0.2, 0.25) is 5.91 Å². The van der Waals surface area contributed by atoms with E-state index in [4.69, 9.17) is 5.26 Å². The van der Waals surface area contributed by atoms with Crippen molar-refractivity contribution in [3.05, 3.63) is 53.6 Å². The molecule has 3 heteroatoms. The molecule has 18 heavy (non-hydrogen) atoms. The SMILES string of the molecule is CC(C)NC(=O)/C=C/C=C/c1ccc(C#N)cc1. The molecule has 1 aromatic rings. The number of rotatable bonds is 4. The number of nitrogens with one attached hydrogen (secondary N) is 1. The van der Waals surface area contributed by atoms with Gasteiger partial charge in [-0.05, 0) is 31.5 Å². The molecule has 0 saturated heterocycles. The quantitative estimate of drug-likeness (QED) is 0.649. The maximum atomic E-state index is 11.3. The Morgan fingerprint density at radius 2 is 1.94 bits per heavy atom. The van der Waals surface area contributed by atoms with Gasteiger partial charge in [-0.1, -0.05) is 30.4 Å². The Kier molecular flexibility index (Phi) is 5.40. The molecule has 0 aliphatic carbocycles. The van der Waals surface area contributed by atoms with Crippen LogP contribution in [0.15, 0.2) is 42.5 Å². The number of nitrogens with zero attached hydrogens (tertiary/aromatic N) is 1. The maximum absolute atomic E-state index is 11.3. The van der Waals surface area contributed by atoms with Gasteiger partial charge in [-0.3, -0.25) is 4.79 Å². The summed E-state index contributed by atoms with van der Waals surface area (Å²) in [7, 11) is 0. The number of nitriles is 1. The summed E-state index contributed by atoms with van der Waals surface area (Å²) in [6, 6.07) is 9.44. The average Bonchev–Trinajstić information content (AvgIpc) is 2.34. The first-order valence-corrected chi connectivity index (χ1v) is 5.77. The Bertz CT molecular complexity index is 490. The fraction of sp³-hybridized carbons (Fsp3) is 0.200. The van der Waals surface area contributed by atoms with E-state index in [0.717, 1.165) is 5.56 Å². The molecule has 0 spiro atoms. The second kappa shape index (κ2) is 7.08. The highest BCUT2D eigenvalue weighted by molar-refractivity contribution is 5.88. The minimum Gasteiger partial charge on any atom is -0.350 e. The summed E-state index contributed by atoms with van der Waals surface area (Å²) in [5.41, 5.74) is 1.63. The lowest BCUT2D eigenvalue weighted by molar-refractivity contribution is -0.116. The molecule has 1 aromatic carbocycles. The monoisotopic (exact) mass is 240 g/mol. The lowest BCUT2D eigenvalue weighted by Crippen LogP contribution is -2.28. The van der Waals surface area contributed by atoms with Gasteiger partial charge in [0.1, 0.15) is 0 Å². The highest BCUT2D eigenvalue weighted by Gasteiger charge is 1.95. The van der Waals surface area contributed by atoms with Gasteiger partial charge in [0, 0.05) is 12.1 Å². The van der Waals surface area contributed by atoms with Gasteiger partial charge in [-0.25, -0.2) is 0 Å². The summed E-state index contributed by atoms with van der Waals surface area (Å²) in [4.78, 5) is 11.3. The lowest BCUT2D eigenvalue weighted by atomic mass is 10.1. The van der Waals surface area contributed by atoms with Crippen molar-refractivity contribution in [1.29, 1.82) is 5.26 Å². The van der Waals surface area contributed by atoms with Crippen molar-refractivity contribution < 1.29 is 4.79 Å². The van der Waals surface area contributed by atoms with Gasteiger partial charge in [0.05, 0.1) is 11.6 Å². The lowest BCUT2D eigenvalue weighted by Gasteiger charge is -2.03. The van der Waals surface area contributed by atoms with E-state index in [-0.39, 0.29) is 11.9 Å². The molecule has 0 bridgehead atoms. The molecule has 0 unspecified atom stereocenters. The zero-order valence-electron chi connectivity index (χ0n) is 10.6. The second-order valence-corrected chi connectivity index (χ2v) is 4.12. The highest BCUT2D eigenvalue weighted by atomic mass is 16.1. The number of benzene rings is 1. The van der Waals surface area contributed by atoms with Crippen LogP contribution in [0.1, 0.15) is 25.0 Å². The Morgan fingerprint density at radius 1 is 1.28 bits per heavy atom. The Hall–Kier alpha value is -2.34. The predicted molar refractivity (Wildman–Crippen MR) is 72.6 cm³/mol. The van der Waals surface area contributed by atoms with Crippen molar-refractivity contribution in [2.24, 2.45) is 0 Å². The largest absolute Gasteiger partial charge is 0.350 e. The minimum absolute atomic E-state index is 0.102. The fourth-order valence-electron chi connectivity index (χ4n) is 1.31. The topological polar surface area (TPSA) is 52.9 Å². The van der Waals surface area contributed by atoms with Gasteiger partial charge in [0.25, 0.3) is 0 Å². The molecule has 1 N–H and O–H groups in total. The standard InChI is InChI=1S/C15H16N2O/c1-12(2)17-15(18)6-4-3-5-13-7-9-14(11-16)10-8-13/h3-10,12H,1-2H3,(H,17,18)/b5-3+,6-4+. The van der Waals surface area contributed by atoms with Crippen LogP contribution >= 0.6 is 0 Å². The Balaban J connectivity index is 2.52. The third-order valence-electron chi connectivity index (χ3n) is 2.12. The molecule has 92 valence electrons. The molecule has 0 radical (unpaired) electrons. The van der Waals surface area contributed by atoms with E-state index in [1.807, 2.05) is 32.1 Å². The molecule has 1 amide bonds. The van der Waals surface area contributed by atoms with Crippen LogP contribution in [0, 0.1) is 11.3 Å². The van der Waals surface area contributed by atoms with Crippen LogP contribution in [0.5, 0.6) is 0 Å². The predicted octanol–water partition coefficient (Wildman–Crippen LogP) is 2.65. The van der Waals surface area contributed by atoms with Crippen molar-refractivity contribution in [2.45, 2.75) is 19.9 Å². The summed E-state index contributed by atoms with van der Waals surface area (Å²) in [5.74, 6) is -0.102. The summed E-state index contributed by atoms with van der Waals surface area (Å²) in [6.07, 6.45) is 6.84. The first-order chi connectivity index (χ1) is 8.61. The molecule has 3 nitrogen and oxygen atoms in total. The van der Waals surface area contributed by atoms with E-state index in [0.29, 0.717) is 5.56 Å². The summed E-state index contributed by atoms with van der Waals surface area (Å²) >= 11 is 0. The molecular weight excluding hydrogens is 224 g/mol. The highest BCUT2D eigenvalue weighted by Crippen LogP contribution is 2.05. The van der Waals surface area contributed by atoms with Crippen molar-refractivity contribution in [1.82, 2.24) is 5.32 Å². The third kappa shape index (κ3) is 5.13. The van der Waals surface area contributed by atoms with Crippen molar-refractivity contribution in [2.75, 3.05) is 0 Å². The Morgan fingerprint density at radius 3 is 2.50 bits per heavy atom. The smallest absolute Gasteiger partial charge is 0.244 e. The van der Waals surface area contributed by atoms with Crippen molar-refractivity contribution in [3.8, 4) is 6.07 Å². The molecule has 0 atom stereocenters. The van der Waals surface area contributed by atoms with E-state index in [2.05, 4.69) is 11.4 Å². The van der Waals surface area contributed by atoms with Gasteiger partial charge in [-0.15, -0.1) is 0 Å². The molecule has 0 fully saturated rings. The average molecular weight is 240 g/mol. The van der Waals surface area contributed by atoms with E-state index in [1.165, 1.54) is 6.08 Å². The van der Waals surface area contributed by atoms with Crippen LogP contribution in [0.2, 0.25) is 0 Å². The normalized spacial score (nSPS) is 11.0. The van der Waals surface area contributed by atoms with Crippen LogP contribution < -0.4 is 5.32 Å². The minimum atomic E-state index is -0.102. The summed E-state index contributed by atoms with van der Waals surface area (Å²) in [6.45, 7) is 3.83.